The van der Waals surface area contributed by atoms with Crippen LogP contribution in [0.25, 0.3) is 0 Å². The average Bonchev–Trinajstić information content (AvgIpc) is 2.39. The molecule has 0 bridgehead atoms. The smallest absolute Gasteiger partial charge is 0.341 e. The first kappa shape index (κ1) is 16.5. The number of sulfone groups is 1. The summed E-state index contributed by atoms with van der Waals surface area (Å²) in [6.07, 6.45) is 0. The highest BCUT2D eigenvalue weighted by atomic mass is 35.5. The fraction of sp³-hybridized carbons (Fsp3) is 0.455. The van der Waals surface area contributed by atoms with Crippen molar-refractivity contribution in [3.05, 3.63) is 24.3 Å². The molecule has 0 aliphatic rings. The van der Waals surface area contributed by atoms with Crippen molar-refractivity contribution in [1.82, 2.24) is 0 Å². The van der Waals surface area contributed by atoms with Crippen molar-refractivity contribution < 1.29 is 17.2 Å². The molecule has 0 saturated carbocycles. The molecule has 1 aromatic rings. The van der Waals surface area contributed by atoms with Crippen LogP contribution in [0.4, 0.5) is 14.5 Å². The number of alkyl halides is 4. The molecule has 0 saturated heterocycles. The van der Waals surface area contributed by atoms with E-state index >= 15 is 0 Å². The Hall–Kier alpha value is -0.590. The molecule has 0 aliphatic heterocycles. The van der Waals surface area contributed by atoms with Crippen LogP contribution in [0.15, 0.2) is 29.2 Å². The lowest BCUT2D eigenvalue weighted by Gasteiger charge is -2.27. The largest absolute Gasteiger partial charge is 0.377 e. The fourth-order valence-electron chi connectivity index (χ4n) is 1.28. The second-order valence-electron chi connectivity index (χ2n) is 4.28. The second kappa shape index (κ2) is 6.24. The lowest BCUT2D eigenvalue weighted by Crippen LogP contribution is -2.38. The van der Waals surface area contributed by atoms with Gasteiger partial charge in [0.2, 0.25) is 9.84 Å². The zero-order chi connectivity index (χ0) is 14.7. The first-order valence-corrected chi connectivity index (χ1v) is 7.89. The van der Waals surface area contributed by atoms with Gasteiger partial charge in [-0.05, 0) is 31.2 Å². The highest BCUT2D eigenvalue weighted by Gasteiger charge is 2.27. The monoisotopic (exact) mass is 331 g/mol. The van der Waals surface area contributed by atoms with Crippen molar-refractivity contribution in [1.29, 1.82) is 0 Å². The molecule has 1 aromatic carbocycles. The molecule has 0 unspecified atom stereocenters. The minimum atomic E-state index is -4.56. The van der Waals surface area contributed by atoms with Gasteiger partial charge in [-0.15, -0.1) is 23.2 Å². The van der Waals surface area contributed by atoms with Crippen LogP contribution in [0.2, 0.25) is 0 Å². The van der Waals surface area contributed by atoms with Gasteiger partial charge in [0.1, 0.15) is 0 Å². The summed E-state index contributed by atoms with van der Waals surface area (Å²) in [4.78, 5) is -0.425. The second-order valence-corrected chi connectivity index (χ2v) is 6.74. The highest BCUT2D eigenvalue weighted by molar-refractivity contribution is 7.91. The van der Waals surface area contributed by atoms with Crippen molar-refractivity contribution in [3.8, 4) is 0 Å². The summed E-state index contributed by atoms with van der Waals surface area (Å²) in [6, 6.07) is 5.03. The van der Waals surface area contributed by atoms with Gasteiger partial charge in [0, 0.05) is 17.4 Å². The van der Waals surface area contributed by atoms with Crippen LogP contribution in [-0.2, 0) is 9.84 Å². The van der Waals surface area contributed by atoms with Crippen molar-refractivity contribution in [2.24, 2.45) is 0 Å². The highest BCUT2D eigenvalue weighted by Crippen LogP contribution is 2.23. The summed E-state index contributed by atoms with van der Waals surface area (Å²) >= 11 is 11.5. The Bertz CT molecular complexity index is 516. The Kier molecular flexibility index (Phi) is 5.41. The Balaban J connectivity index is 2.95. The van der Waals surface area contributed by atoms with E-state index in [1.165, 1.54) is 12.1 Å². The van der Waals surface area contributed by atoms with Crippen LogP contribution in [-0.4, -0.2) is 31.5 Å². The maximum Gasteiger partial charge on any atom is 0.341 e. The van der Waals surface area contributed by atoms with Gasteiger partial charge in [-0.2, -0.15) is 8.78 Å². The third-order valence-electron chi connectivity index (χ3n) is 2.45. The molecule has 108 valence electrons. The molecule has 0 fully saturated rings. The zero-order valence-electron chi connectivity index (χ0n) is 10.0. The third kappa shape index (κ3) is 3.94. The predicted molar refractivity (Wildman–Crippen MR) is 73.1 cm³/mol. The van der Waals surface area contributed by atoms with E-state index in [0.29, 0.717) is 5.69 Å². The topological polar surface area (TPSA) is 46.2 Å². The predicted octanol–water partition coefficient (Wildman–Crippen LogP) is 3.33. The van der Waals surface area contributed by atoms with Crippen molar-refractivity contribution in [2.75, 3.05) is 17.1 Å². The normalized spacial score (nSPS) is 12.7. The molecule has 0 aromatic heterocycles. The Morgan fingerprint density at radius 3 is 2.05 bits per heavy atom. The van der Waals surface area contributed by atoms with Crippen LogP contribution in [0, 0.1) is 0 Å². The number of anilines is 1. The number of rotatable bonds is 6. The van der Waals surface area contributed by atoms with E-state index in [1.807, 2.05) is 0 Å². The molecule has 1 rings (SSSR count). The summed E-state index contributed by atoms with van der Waals surface area (Å²) in [5, 5.41) is 3.02. The van der Waals surface area contributed by atoms with Gasteiger partial charge >= 0.3 is 5.76 Å². The van der Waals surface area contributed by atoms with Crippen LogP contribution in [0.3, 0.4) is 0 Å². The molecule has 0 spiro atoms. The molecule has 0 radical (unpaired) electrons. The summed E-state index contributed by atoms with van der Waals surface area (Å²) in [7, 11) is -4.56. The minimum Gasteiger partial charge on any atom is -0.377 e. The number of hydrogen-bond donors (Lipinski definition) is 1. The van der Waals surface area contributed by atoms with Gasteiger partial charge in [0.05, 0.1) is 10.4 Å². The van der Waals surface area contributed by atoms with E-state index in [-0.39, 0.29) is 11.8 Å². The maximum absolute atomic E-state index is 12.3. The molecular weight excluding hydrogens is 319 g/mol. The lowest BCUT2D eigenvalue weighted by atomic mass is 10.1. The molecule has 1 N–H and O–H groups in total. The van der Waals surface area contributed by atoms with Gasteiger partial charge in [-0.25, -0.2) is 8.42 Å². The van der Waals surface area contributed by atoms with Crippen molar-refractivity contribution >= 4 is 38.7 Å². The number of hydrogen-bond acceptors (Lipinski definition) is 3. The molecule has 0 heterocycles. The van der Waals surface area contributed by atoms with Crippen LogP contribution in [0.5, 0.6) is 0 Å². The molecule has 0 atom stereocenters. The lowest BCUT2D eigenvalue weighted by molar-refractivity contribution is 0.234. The average molecular weight is 332 g/mol. The quantitative estimate of drug-likeness (QED) is 0.813. The molecule has 0 aliphatic carbocycles. The Morgan fingerprint density at radius 2 is 1.68 bits per heavy atom. The van der Waals surface area contributed by atoms with Gasteiger partial charge < -0.3 is 5.32 Å². The van der Waals surface area contributed by atoms with Crippen LogP contribution in [0.1, 0.15) is 6.92 Å². The standard InChI is InChI=1S/C11H13Cl2F2NO2S/c1-11(6-12,7-13)16-8-2-4-9(5-3-8)19(17,18)10(14)15/h2-5,10,16H,6-7H2,1H3. The SMILES string of the molecule is CC(CCl)(CCl)Nc1ccc(S(=O)(=O)C(F)F)cc1. The number of nitrogens with one attached hydrogen (secondary N) is 1. The van der Waals surface area contributed by atoms with E-state index in [9.17, 15) is 17.2 Å². The molecular formula is C11H13Cl2F2NO2S. The van der Waals surface area contributed by atoms with Crippen LogP contribution >= 0.6 is 23.2 Å². The third-order valence-corrected chi connectivity index (χ3v) is 5.03. The number of benzene rings is 1. The summed E-state index contributed by atoms with van der Waals surface area (Å²) in [5.41, 5.74) is -0.0105. The van der Waals surface area contributed by atoms with Crippen LogP contribution < -0.4 is 5.32 Å². The van der Waals surface area contributed by atoms with E-state index in [4.69, 9.17) is 23.2 Å². The van der Waals surface area contributed by atoms with E-state index in [2.05, 4.69) is 5.32 Å². The summed E-state index contributed by atoms with van der Waals surface area (Å²) < 4.78 is 47.1. The first-order valence-electron chi connectivity index (χ1n) is 5.27. The number of halogens is 4. The molecule has 19 heavy (non-hydrogen) atoms. The molecule has 3 nitrogen and oxygen atoms in total. The fourth-order valence-corrected chi connectivity index (χ4v) is 2.42. The van der Waals surface area contributed by atoms with Gasteiger partial charge in [0.25, 0.3) is 0 Å². The minimum absolute atomic E-state index is 0.244. The van der Waals surface area contributed by atoms with E-state index in [1.54, 1.807) is 6.92 Å². The Morgan fingerprint density at radius 1 is 1.21 bits per heavy atom. The van der Waals surface area contributed by atoms with Gasteiger partial charge in [-0.3, -0.25) is 0 Å². The van der Waals surface area contributed by atoms with Gasteiger partial charge in [0.15, 0.2) is 0 Å². The summed E-state index contributed by atoms with van der Waals surface area (Å²) in [5.74, 6) is -2.94. The maximum atomic E-state index is 12.3. The molecule has 0 amide bonds. The molecule has 8 heteroatoms. The van der Waals surface area contributed by atoms with Gasteiger partial charge in [-0.1, -0.05) is 0 Å². The zero-order valence-corrected chi connectivity index (χ0v) is 12.4. The van der Waals surface area contributed by atoms with Crippen molar-refractivity contribution in [3.63, 3.8) is 0 Å². The first-order chi connectivity index (χ1) is 8.75. The van der Waals surface area contributed by atoms with E-state index < -0.39 is 26.0 Å². The van der Waals surface area contributed by atoms with Crippen molar-refractivity contribution in [2.45, 2.75) is 23.1 Å². The Labute approximate surface area is 120 Å². The van der Waals surface area contributed by atoms with E-state index in [0.717, 1.165) is 12.1 Å². The summed E-state index contributed by atoms with van der Waals surface area (Å²) in [6.45, 7) is 1.79.